The summed E-state index contributed by atoms with van der Waals surface area (Å²) < 4.78 is 26.9. The van der Waals surface area contributed by atoms with Crippen LogP contribution >= 0.6 is 0 Å². The maximum atomic E-state index is 12.8. The van der Waals surface area contributed by atoms with Gasteiger partial charge in [0, 0.05) is 12.1 Å². The molecule has 1 aromatic carbocycles. The molecule has 1 amide bonds. The van der Waals surface area contributed by atoms with Crippen LogP contribution in [-0.4, -0.2) is 68.3 Å². The topological polar surface area (TPSA) is 62.1 Å². The maximum absolute atomic E-state index is 12.8. The molecule has 1 aromatic rings. The monoisotopic (exact) mass is 394 g/mol. The molecule has 0 aromatic heterocycles. The molecule has 2 heterocycles. The molecule has 0 saturated carbocycles. The quantitative estimate of drug-likeness (QED) is 0.791. The molecule has 3 rings (SSSR count). The lowest BCUT2D eigenvalue weighted by atomic mass is 9.97. The van der Waals surface area contributed by atoms with E-state index in [-0.39, 0.29) is 11.7 Å². The van der Waals surface area contributed by atoms with Crippen LogP contribution in [0, 0.1) is 0 Å². The van der Waals surface area contributed by atoms with Gasteiger partial charge in [-0.3, -0.25) is 4.79 Å². The first kappa shape index (κ1) is 20.3. The van der Waals surface area contributed by atoms with Crippen LogP contribution in [-0.2, 0) is 20.6 Å². The first-order chi connectivity index (χ1) is 12.9. The first-order valence-electron chi connectivity index (χ1n) is 10.0. The number of nitrogens with one attached hydrogen (secondary N) is 1. The van der Waals surface area contributed by atoms with Gasteiger partial charge in [-0.1, -0.05) is 30.3 Å². The predicted octanol–water partition coefficient (Wildman–Crippen LogP) is 0.506. The summed E-state index contributed by atoms with van der Waals surface area (Å²) in [6, 6.07) is 9.93. The number of likely N-dealkylation sites (tertiary alicyclic amines) is 1. The summed E-state index contributed by atoms with van der Waals surface area (Å²) in [5, 5.41) is 0. The van der Waals surface area contributed by atoms with Gasteiger partial charge in [0.1, 0.15) is 0 Å². The number of quaternary nitrogens is 1. The number of piperazine rings is 1. The minimum Gasteiger partial charge on any atom is -0.332 e. The summed E-state index contributed by atoms with van der Waals surface area (Å²) in [6.07, 6.45) is 3.35. The molecule has 0 aliphatic carbocycles. The zero-order valence-corrected chi connectivity index (χ0v) is 17.2. The molecule has 27 heavy (non-hydrogen) atoms. The van der Waals surface area contributed by atoms with Gasteiger partial charge in [-0.2, -0.15) is 4.31 Å². The van der Waals surface area contributed by atoms with E-state index in [1.54, 1.807) is 4.31 Å². The fourth-order valence-corrected chi connectivity index (χ4v) is 5.89. The van der Waals surface area contributed by atoms with E-state index < -0.39 is 10.0 Å². The molecular formula is C20H32N3O3S+. The second-order valence-corrected chi connectivity index (χ2v) is 9.97. The summed E-state index contributed by atoms with van der Waals surface area (Å²) >= 11 is 0. The van der Waals surface area contributed by atoms with E-state index in [1.807, 2.05) is 30.3 Å². The fourth-order valence-electron chi connectivity index (χ4n) is 4.35. The second-order valence-electron chi connectivity index (χ2n) is 8.00. The highest BCUT2D eigenvalue weighted by molar-refractivity contribution is 7.88. The maximum Gasteiger partial charge on any atom is 0.278 e. The minimum atomic E-state index is -3.30. The average molecular weight is 395 g/mol. The number of hydrogen-bond acceptors (Lipinski definition) is 3. The zero-order chi connectivity index (χ0) is 19.4. The van der Waals surface area contributed by atoms with Crippen LogP contribution in [0.4, 0.5) is 0 Å². The van der Waals surface area contributed by atoms with E-state index in [9.17, 15) is 13.2 Å². The van der Waals surface area contributed by atoms with Crippen molar-refractivity contribution >= 4 is 15.9 Å². The Labute approximate surface area is 163 Å². The van der Waals surface area contributed by atoms with Crippen molar-refractivity contribution in [3.05, 3.63) is 35.9 Å². The van der Waals surface area contributed by atoms with Gasteiger partial charge in [-0.25, -0.2) is 8.42 Å². The number of hydrogen-bond donors (Lipinski definition) is 1. The average Bonchev–Trinajstić information content (AvgIpc) is 2.62. The van der Waals surface area contributed by atoms with Crippen LogP contribution in [0.2, 0.25) is 0 Å². The van der Waals surface area contributed by atoms with E-state index >= 15 is 0 Å². The summed E-state index contributed by atoms with van der Waals surface area (Å²) in [4.78, 5) is 16.0. The highest BCUT2D eigenvalue weighted by Gasteiger charge is 2.34. The SMILES string of the molecule is C[C@@H]1CCC[C@H](C)N1C(=O)C[NH+]1CCN(S(=O)(=O)Cc2ccccc2)CC1. The fraction of sp³-hybridized carbons (Fsp3) is 0.650. The lowest BCUT2D eigenvalue weighted by Gasteiger charge is -2.40. The van der Waals surface area contributed by atoms with Crippen LogP contribution in [0.3, 0.4) is 0 Å². The summed E-state index contributed by atoms with van der Waals surface area (Å²) in [7, 11) is -3.30. The van der Waals surface area contributed by atoms with E-state index in [0.29, 0.717) is 44.8 Å². The molecule has 2 aliphatic heterocycles. The number of rotatable bonds is 5. The number of amides is 1. The predicted molar refractivity (Wildman–Crippen MR) is 106 cm³/mol. The standard InChI is InChI=1S/C20H31N3O3S/c1-17-7-6-8-18(2)23(17)20(24)15-21-11-13-22(14-12-21)27(25,26)16-19-9-4-3-5-10-19/h3-5,9-10,17-18H,6-8,11-16H2,1-2H3/p+1/t17-,18+. The minimum absolute atomic E-state index is 0.0465. The Bertz CT molecular complexity index is 720. The van der Waals surface area contributed by atoms with Gasteiger partial charge >= 0.3 is 0 Å². The van der Waals surface area contributed by atoms with Crippen molar-refractivity contribution in [3.63, 3.8) is 0 Å². The third kappa shape index (κ3) is 5.09. The van der Waals surface area contributed by atoms with Crippen molar-refractivity contribution in [1.29, 1.82) is 0 Å². The van der Waals surface area contributed by atoms with Gasteiger partial charge in [0.05, 0.1) is 31.9 Å². The van der Waals surface area contributed by atoms with Gasteiger partial charge in [0.15, 0.2) is 6.54 Å². The molecule has 2 aliphatic rings. The molecule has 150 valence electrons. The Morgan fingerprint density at radius 2 is 1.67 bits per heavy atom. The number of piperidine rings is 1. The molecule has 0 spiro atoms. The molecular weight excluding hydrogens is 362 g/mol. The Morgan fingerprint density at radius 3 is 2.26 bits per heavy atom. The van der Waals surface area contributed by atoms with Gasteiger partial charge in [0.25, 0.3) is 5.91 Å². The Morgan fingerprint density at radius 1 is 1.07 bits per heavy atom. The molecule has 1 N–H and O–H groups in total. The third-order valence-corrected chi connectivity index (χ3v) is 7.75. The van der Waals surface area contributed by atoms with Crippen molar-refractivity contribution in [1.82, 2.24) is 9.21 Å². The van der Waals surface area contributed by atoms with Crippen LogP contribution < -0.4 is 4.90 Å². The Balaban J connectivity index is 1.52. The summed E-state index contributed by atoms with van der Waals surface area (Å²) in [5.41, 5.74) is 0.815. The molecule has 7 heteroatoms. The van der Waals surface area contributed by atoms with Gasteiger partial charge in [-0.15, -0.1) is 0 Å². The number of carbonyl (C=O) groups is 1. The van der Waals surface area contributed by atoms with Gasteiger partial charge in [0.2, 0.25) is 10.0 Å². The smallest absolute Gasteiger partial charge is 0.278 e. The molecule has 2 saturated heterocycles. The number of benzene rings is 1. The molecule has 0 bridgehead atoms. The molecule has 2 atom stereocenters. The third-order valence-electron chi connectivity index (χ3n) is 5.90. The summed E-state index contributed by atoms with van der Waals surface area (Å²) in [5.74, 6) is 0.260. The van der Waals surface area contributed by atoms with Gasteiger partial charge in [-0.05, 0) is 38.7 Å². The zero-order valence-electron chi connectivity index (χ0n) is 16.4. The van der Waals surface area contributed by atoms with Crippen molar-refractivity contribution in [2.24, 2.45) is 0 Å². The van der Waals surface area contributed by atoms with Crippen molar-refractivity contribution in [2.75, 3.05) is 32.7 Å². The molecule has 0 radical (unpaired) electrons. The lowest BCUT2D eigenvalue weighted by molar-refractivity contribution is -0.896. The van der Waals surface area contributed by atoms with Crippen LogP contribution in [0.15, 0.2) is 30.3 Å². The van der Waals surface area contributed by atoms with E-state index in [4.69, 9.17) is 0 Å². The molecule has 6 nitrogen and oxygen atoms in total. The lowest BCUT2D eigenvalue weighted by Crippen LogP contribution is -3.16. The number of sulfonamides is 1. The Hall–Kier alpha value is -1.44. The van der Waals surface area contributed by atoms with Crippen molar-refractivity contribution in [2.45, 2.75) is 50.9 Å². The summed E-state index contributed by atoms with van der Waals surface area (Å²) in [6.45, 7) is 7.10. The largest absolute Gasteiger partial charge is 0.332 e. The van der Waals surface area contributed by atoms with Crippen LogP contribution in [0.5, 0.6) is 0 Å². The molecule has 0 unspecified atom stereocenters. The second kappa shape index (κ2) is 8.71. The van der Waals surface area contributed by atoms with E-state index in [1.165, 1.54) is 11.3 Å². The van der Waals surface area contributed by atoms with Gasteiger partial charge < -0.3 is 9.80 Å². The van der Waals surface area contributed by atoms with Crippen molar-refractivity contribution in [3.8, 4) is 0 Å². The van der Waals surface area contributed by atoms with E-state index in [2.05, 4.69) is 18.7 Å². The highest BCUT2D eigenvalue weighted by atomic mass is 32.2. The number of carbonyl (C=O) groups excluding carboxylic acids is 1. The molecule has 2 fully saturated rings. The van der Waals surface area contributed by atoms with E-state index in [0.717, 1.165) is 18.4 Å². The highest BCUT2D eigenvalue weighted by Crippen LogP contribution is 2.22. The van der Waals surface area contributed by atoms with Crippen LogP contribution in [0.1, 0.15) is 38.7 Å². The number of nitrogens with zero attached hydrogens (tertiary/aromatic N) is 2. The van der Waals surface area contributed by atoms with Crippen LogP contribution in [0.25, 0.3) is 0 Å². The normalized spacial score (nSPS) is 25.5. The van der Waals surface area contributed by atoms with Crippen molar-refractivity contribution < 1.29 is 18.1 Å². The first-order valence-corrected chi connectivity index (χ1v) is 11.6. The Kier molecular flexibility index (Phi) is 6.55.